The first kappa shape index (κ1) is 12.4. The first-order chi connectivity index (χ1) is 8.74. The van der Waals surface area contributed by atoms with E-state index in [-0.39, 0.29) is 0 Å². The van der Waals surface area contributed by atoms with Gasteiger partial charge in [0.1, 0.15) is 12.4 Å². The van der Waals surface area contributed by atoms with Crippen LogP contribution in [0.3, 0.4) is 0 Å². The van der Waals surface area contributed by atoms with Crippen molar-refractivity contribution in [3.63, 3.8) is 0 Å². The van der Waals surface area contributed by atoms with Gasteiger partial charge in [-0.3, -0.25) is 4.98 Å². The third-order valence-electron chi connectivity index (χ3n) is 2.46. The zero-order valence-corrected chi connectivity index (χ0v) is 10.8. The minimum absolute atomic E-state index is 0.439. The second-order valence-electron chi connectivity index (χ2n) is 4.47. The fraction of sp³-hybridized carbons (Fsp3) is 0.267. The lowest BCUT2D eigenvalue weighted by molar-refractivity contribution is 0.306. The van der Waals surface area contributed by atoms with E-state index in [1.807, 2.05) is 36.4 Å². The van der Waals surface area contributed by atoms with Crippen LogP contribution in [0.25, 0.3) is 0 Å². The van der Waals surface area contributed by atoms with Crippen molar-refractivity contribution in [2.24, 2.45) is 0 Å². The molecular weight excluding hydrogens is 224 g/mol. The Bertz CT molecular complexity index is 466. The minimum Gasteiger partial charge on any atom is -0.489 e. The summed E-state index contributed by atoms with van der Waals surface area (Å²) in [6.07, 6.45) is 3.54. The van der Waals surface area contributed by atoms with E-state index < -0.39 is 0 Å². The molecule has 1 N–H and O–H groups in total. The molecular formula is C15H18N2O. The van der Waals surface area contributed by atoms with Gasteiger partial charge in [-0.05, 0) is 55.8 Å². The van der Waals surface area contributed by atoms with Crippen molar-refractivity contribution < 1.29 is 4.74 Å². The molecule has 94 valence electrons. The van der Waals surface area contributed by atoms with Crippen molar-refractivity contribution in [1.29, 1.82) is 0 Å². The van der Waals surface area contributed by atoms with Crippen LogP contribution >= 0.6 is 0 Å². The molecule has 0 amide bonds. The summed E-state index contributed by atoms with van der Waals surface area (Å²) in [5.74, 6) is 0.876. The third-order valence-corrected chi connectivity index (χ3v) is 2.46. The maximum absolute atomic E-state index is 5.70. The van der Waals surface area contributed by atoms with Gasteiger partial charge in [0, 0.05) is 24.1 Å². The molecule has 0 aliphatic carbocycles. The highest BCUT2D eigenvalue weighted by molar-refractivity contribution is 5.46. The van der Waals surface area contributed by atoms with Crippen LogP contribution in [0.2, 0.25) is 0 Å². The number of aromatic nitrogens is 1. The van der Waals surface area contributed by atoms with Crippen molar-refractivity contribution in [2.45, 2.75) is 26.5 Å². The average Bonchev–Trinajstić information content (AvgIpc) is 2.38. The van der Waals surface area contributed by atoms with Gasteiger partial charge in [0.25, 0.3) is 0 Å². The Balaban J connectivity index is 1.90. The van der Waals surface area contributed by atoms with Crippen LogP contribution in [0.15, 0.2) is 48.8 Å². The van der Waals surface area contributed by atoms with Crippen molar-refractivity contribution in [3.8, 4) is 5.75 Å². The van der Waals surface area contributed by atoms with E-state index in [9.17, 15) is 0 Å². The molecule has 0 spiro atoms. The van der Waals surface area contributed by atoms with E-state index in [1.54, 1.807) is 12.4 Å². The minimum atomic E-state index is 0.439. The molecule has 0 unspecified atom stereocenters. The van der Waals surface area contributed by atoms with Gasteiger partial charge in [0.05, 0.1) is 0 Å². The molecule has 0 radical (unpaired) electrons. The number of ether oxygens (including phenoxy) is 1. The second-order valence-corrected chi connectivity index (χ2v) is 4.47. The van der Waals surface area contributed by atoms with Crippen LogP contribution in [-0.4, -0.2) is 11.0 Å². The molecule has 3 heteroatoms. The molecule has 0 fully saturated rings. The van der Waals surface area contributed by atoms with Crippen LogP contribution in [0.1, 0.15) is 19.4 Å². The van der Waals surface area contributed by atoms with Crippen LogP contribution in [-0.2, 0) is 6.61 Å². The molecule has 1 aromatic heterocycles. The molecule has 18 heavy (non-hydrogen) atoms. The number of pyridine rings is 1. The highest BCUT2D eigenvalue weighted by Crippen LogP contribution is 2.17. The molecule has 0 saturated carbocycles. The Labute approximate surface area is 108 Å². The Hall–Kier alpha value is -2.03. The molecule has 0 atom stereocenters. The Morgan fingerprint density at radius 2 is 1.72 bits per heavy atom. The molecule has 2 aromatic rings. The molecule has 0 aliphatic rings. The van der Waals surface area contributed by atoms with Crippen LogP contribution in [0, 0.1) is 0 Å². The molecule has 0 saturated heterocycles. The first-order valence-electron chi connectivity index (χ1n) is 6.12. The van der Waals surface area contributed by atoms with Crippen molar-refractivity contribution in [2.75, 3.05) is 5.32 Å². The fourth-order valence-corrected chi connectivity index (χ4v) is 1.63. The number of rotatable bonds is 5. The highest BCUT2D eigenvalue weighted by atomic mass is 16.5. The Kier molecular flexibility index (Phi) is 4.18. The quantitative estimate of drug-likeness (QED) is 0.871. The number of hydrogen-bond donors (Lipinski definition) is 1. The van der Waals surface area contributed by atoms with E-state index >= 15 is 0 Å². The molecule has 1 heterocycles. The first-order valence-corrected chi connectivity index (χ1v) is 6.12. The van der Waals surface area contributed by atoms with Gasteiger partial charge in [0.2, 0.25) is 0 Å². The van der Waals surface area contributed by atoms with Gasteiger partial charge in [-0.25, -0.2) is 0 Å². The highest BCUT2D eigenvalue weighted by Gasteiger charge is 1.98. The third kappa shape index (κ3) is 3.77. The predicted molar refractivity (Wildman–Crippen MR) is 73.8 cm³/mol. The smallest absolute Gasteiger partial charge is 0.119 e. The largest absolute Gasteiger partial charge is 0.489 e. The lowest BCUT2D eigenvalue weighted by Crippen LogP contribution is -2.09. The van der Waals surface area contributed by atoms with Crippen molar-refractivity contribution in [1.82, 2.24) is 4.98 Å². The summed E-state index contributed by atoms with van der Waals surface area (Å²) in [5, 5.41) is 3.34. The van der Waals surface area contributed by atoms with Crippen molar-refractivity contribution in [3.05, 3.63) is 54.4 Å². The molecule has 1 aromatic carbocycles. The fourth-order valence-electron chi connectivity index (χ4n) is 1.63. The van der Waals surface area contributed by atoms with Gasteiger partial charge in [-0.1, -0.05) is 0 Å². The summed E-state index contributed by atoms with van der Waals surface area (Å²) >= 11 is 0. The van der Waals surface area contributed by atoms with E-state index in [0.29, 0.717) is 12.6 Å². The topological polar surface area (TPSA) is 34.1 Å². The summed E-state index contributed by atoms with van der Waals surface area (Å²) in [7, 11) is 0. The number of anilines is 1. The SMILES string of the molecule is CC(C)Nc1ccc(OCc2ccncc2)cc1. The van der Waals surface area contributed by atoms with Gasteiger partial charge in [0.15, 0.2) is 0 Å². The van der Waals surface area contributed by atoms with E-state index in [0.717, 1.165) is 17.0 Å². The van der Waals surface area contributed by atoms with E-state index in [1.165, 1.54) is 0 Å². The Morgan fingerprint density at radius 3 is 2.33 bits per heavy atom. The van der Waals surface area contributed by atoms with E-state index in [4.69, 9.17) is 4.74 Å². The van der Waals surface area contributed by atoms with Gasteiger partial charge in [-0.15, -0.1) is 0 Å². The summed E-state index contributed by atoms with van der Waals surface area (Å²) in [6, 6.07) is 12.4. The number of nitrogens with one attached hydrogen (secondary N) is 1. The molecule has 0 aliphatic heterocycles. The van der Waals surface area contributed by atoms with Gasteiger partial charge in [-0.2, -0.15) is 0 Å². The lowest BCUT2D eigenvalue weighted by atomic mass is 10.2. The van der Waals surface area contributed by atoms with E-state index in [2.05, 4.69) is 24.1 Å². The zero-order chi connectivity index (χ0) is 12.8. The van der Waals surface area contributed by atoms with Gasteiger partial charge < -0.3 is 10.1 Å². The number of nitrogens with zero attached hydrogens (tertiary/aromatic N) is 1. The summed E-state index contributed by atoms with van der Waals surface area (Å²) < 4.78 is 5.70. The maximum Gasteiger partial charge on any atom is 0.119 e. The van der Waals surface area contributed by atoms with Crippen molar-refractivity contribution >= 4 is 5.69 Å². The summed E-state index contributed by atoms with van der Waals surface area (Å²) in [4.78, 5) is 3.98. The second kappa shape index (κ2) is 6.05. The maximum atomic E-state index is 5.70. The molecule has 0 bridgehead atoms. The van der Waals surface area contributed by atoms with Crippen LogP contribution in [0.4, 0.5) is 5.69 Å². The monoisotopic (exact) mass is 242 g/mol. The number of benzene rings is 1. The normalized spacial score (nSPS) is 10.4. The van der Waals surface area contributed by atoms with Crippen LogP contribution in [0.5, 0.6) is 5.75 Å². The standard InChI is InChI=1S/C15H18N2O/c1-12(2)17-14-3-5-15(6-4-14)18-11-13-7-9-16-10-8-13/h3-10,12,17H,11H2,1-2H3. The molecule has 3 nitrogen and oxygen atoms in total. The summed E-state index contributed by atoms with van der Waals surface area (Å²) in [6.45, 7) is 4.81. The Morgan fingerprint density at radius 1 is 1.06 bits per heavy atom. The molecule has 2 rings (SSSR count). The zero-order valence-electron chi connectivity index (χ0n) is 10.8. The summed E-state index contributed by atoms with van der Waals surface area (Å²) in [5.41, 5.74) is 2.23. The lowest BCUT2D eigenvalue weighted by Gasteiger charge is -2.11. The van der Waals surface area contributed by atoms with Gasteiger partial charge >= 0.3 is 0 Å². The number of hydrogen-bond acceptors (Lipinski definition) is 3. The van der Waals surface area contributed by atoms with Crippen LogP contribution < -0.4 is 10.1 Å². The average molecular weight is 242 g/mol. The predicted octanol–water partition coefficient (Wildman–Crippen LogP) is 3.48.